The lowest BCUT2D eigenvalue weighted by Gasteiger charge is -2.31. The summed E-state index contributed by atoms with van der Waals surface area (Å²) in [6.07, 6.45) is 5.89. The van der Waals surface area contributed by atoms with Crippen LogP contribution in [0.15, 0.2) is 67.8 Å². The van der Waals surface area contributed by atoms with Crippen LogP contribution in [0.1, 0.15) is 30.9 Å². The first-order chi connectivity index (χ1) is 17.2. The van der Waals surface area contributed by atoms with Crippen molar-refractivity contribution < 1.29 is 0 Å². The smallest absolute Gasteiger partial charge is 0.171 e. The molecule has 0 unspecified atom stereocenters. The second kappa shape index (κ2) is 9.38. The molecule has 0 amide bonds. The zero-order valence-electron chi connectivity index (χ0n) is 19.8. The molecule has 5 heterocycles. The van der Waals surface area contributed by atoms with E-state index in [0.29, 0.717) is 23.8 Å². The molecule has 6 rings (SSSR count). The van der Waals surface area contributed by atoms with Crippen LogP contribution in [-0.4, -0.2) is 46.2 Å². The molecular formula is C26H27N9. The lowest BCUT2D eigenvalue weighted by molar-refractivity contribution is 0.365. The molecule has 3 N–H and O–H groups in total. The van der Waals surface area contributed by atoms with Gasteiger partial charge in [-0.2, -0.15) is 14.7 Å². The van der Waals surface area contributed by atoms with Crippen molar-refractivity contribution >= 4 is 17.2 Å². The Hall–Kier alpha value is -4.53. The number of H-pyrrole nitrogens is 1. The highest BCUT2D eigenvalue weighted by Crippen LogP contribution is 2.31. The predicted octanol–water partition coefficient (Wildman–Crippen LogP) is 4.21. The number of benzene rings is 1. The second-order valence-electron chi connectivity index (χ2n) is 7.97. The van der Waals surface area contributed by atoms with E-state index in [1.165, 1.54) is 6.33 Å². The molecule has 1 aliphatic heterocycles. The van der Waals surface area contributed by atoms with E-state index in [1.54, 1.807) is 10.7 Å². The number of anilines is 1. The van der Waals surface area contributed by atoms with Crippen molar-refractivity contribution in [3.8, 4) is 22.4 Å². The molecule has 0 saturated carbocycles. The van der Waals surface area contributed by atoms with Crippen molar-refractivity contribution in [2.45, 2.75) is 26.8 Å². The van der Waals surface area contributed by atoms with Gasteiger partial charge in [0.15, 0.2) is 11.5 Å². The average Bonchev–Trinajstić information content (AvgIpc) is 3.61. The average molecular weight is 466 g/mol. The summed E-state index contributed by atoms with van der Waals surface area (Å²) in [5.41, 5.74) is 13.8. The molecule has 5 aromatic rings. The Labute approximate surface area is 203 Å². The molecule has 0 aliphatic carbocycles. The minimum absolute atomic E-state index is 0.589. The number of nitrogen functional groups attached to an aromatic ring is 1. The second-order valence-corrected chi connectivity index (χ2v) is 7.97. The molecule has 4 aromatic heterocycles. The number of hydrogen-bond donors (Lipinski definition) is 2. The fourth-order valence-corrected chi connectivity index (χ4v) is 4.27. The summed E-state index contributed by atoms with van der Waals surface area (Å²) in [5.74, 6) is 1.28. The fourth-order valence-electron chi connectivity index (χ4n) is 4.27. The molecule has 0 fully saturated rings. The normalized spacial score (nSPS) is 12.7. The maximum absolute atomic E-state index is 6.52. The zero-order chi connectivity index (χ0) is 24.4. The molecule has 176 valence electrons. The summed E-state index contributed by atoms with van der Waals surface area (Å²) in [6.45, 7) is 9.53. The predicted molar refractivity (Wildman–Crippen MR) is 137 cm³/mol. The Balaban J connectivity index is 0.00000124. The number of aromatic amines is 1. The van der Waals surface area contributed by atoms with Gasteiger partial charge in [0.1, 0.15) is 12.1 Å². The number of hydrogen-bond acceptors (Lipinski definition) is 7. The van der Waals surface area contributed by atoms with Crippen molar-refractivity contribution in [1.29, 1.82) is 0 Å². The quantitative estimate of drug-likeness (QED) is 0.409. The first kappa shape index (κ1) is 22.3. The minimum Gasteiger partial charge on any atom is -0.383 e. The third-order valence-electron chi connectivity index (χ3n) is 6.06. The van der Waals surface area contributed by atoms with Gasteiger partial charge in [-0.15, -0.1) is 0 Å². The van der Waals surface area contributed by atoms with E-state index in [0.717, 1.165) is 52.3 Å². The molecule has 9 nitrogen and oxygen atoms in total. The van der Waals surface area contributed by atoms with Crippen molar-refractivity contribution in [3.05, 3.63) is 84.8 Å². The van der Waals surface area contributed by atoms with Crippen LogP contribution in [-0.2, 0) is 13.0 Å². The van der Waals surface area contributed by atoms with Gasteiger partial charge in [-0.1, -0.05) is 56.8 Å². The molecule has 0 spiro atoms. The van der Waals surface area contributed by atoms with Gasteiger partial charge in [0, 0.05) is 35.0 Å². The van der Waals surface area contributed by atoms with E-state index in [1.807, 2.05) is 62.5 Å². The Morgan fingerprint density at radius 1 is 1.03 bits per heavy atom. The van der Waals surface area contributed by atoms with Crippen LogP contribution in [0.2, 0.25) is 0 Å². The number of nitrogens with one attached hydrogen (secondary N) is 1. The van der Waals surface area contributed by atoms with E-state index in [9.17, 15) is 0 Å². The lowest BCUT2D eigenvalue weighted by Crippen LogP contribution is -2.31. The molecule has 0 radical (unpaired) electrons. The van der Waals surface area contributed by atoms with Crippen LogP contribution in [0.5, 0.6) is 0 Å². The van der Waals surface area contributed by atoms with Gasteiger partial charge in [-0.25, -0.2) is 9.97 Å². The first-order valence-corrected chi connectivity index (χ1v) is 11.7. The van der Waals surface area contributed by atoms with Gasteiger partial charge >= 0.3 is 0 Å². The number of nitrogens with two attached hydrogens (primary N) is 1. The minimum atomic E-state index is 0.589. The van der Waals surface area contributed by atoms with E-state index >= 15 is 0 Å². The standard InChI is InChI=1S/C24H21N9.C2H6/c1-15(23-27-14-28-31-23)32-10-9-18-21(13-32)30-24-19(12-29-33(24)22(18)25)17-7-8-20(26-11-17)16-5-3-2-4-6-16;1-2/h2-8,11-12,14H,1,9-10,13,25H2,(H,27,28,31);1-2H3. The molecule has 0 atom stereocenters. The topological polar surface area (TPSA) is 114 Å². The highest BCUT2D eigenvalue weighted by molar-refractivity contribution is 5.79. The zero-order valence-corrected chi connectivity index (χ0v) is 19.8. The van der Waals surface area contributed by atoms with E-state index in [-0.39, 0.29) is 0 Å². The summed E-state index contributed by atoms with van der Waals surface area (Å²) in [4.78, 5) is 16.0. The maximum Gasteiger partial charge on any atom is 0.171 e. The summed E-state index contributed by atoms with van der Waals surface area (Å²) in [7, 11) is 0. The molecular weight excluding hydrogens is 438 g/mol. The molecule has 9 heteroatoms. The summed E-state index contributed by atoms with van der Waals surface area (Å²) >= 11 is 0. The first-order valence-electron chi connectivity index (χ1n) is 11.7. The van der Waals surface area contributed by atoms with Gasteiger partial charge in [0.2, 0.25) is 0 Å². The summed E-state index contributed by atoms with van der Waals surface area (Å²) in [5, 5.41) is 11.3. The van der Waals surface area contributed by atoms with Crippen LogP contribution >= 0.6 is 0 Å². The Bertz CT molecular complexity index is 1450. The van der Waals surface area contributed by atoms with Gasteiger partial charge in [0.05, 0.1) is 29.8 Å². The maximum atomic E-state index is 6.52. The number of pyridine rings is 1. The molecule has 0 saturated heterocycles. The van der Waals surface area contributed by atoms with Gasteiger partial charge in [0.25, 0.3) is 0 Å². The number of aromatic nitrogens is 7. The van der Waals surface area contributed by atoms with Gasteiger partial charge in [-0.3, -0.25) is 10.1 Å². The Kier molecular flexibility index (Phi) is 5.97. The van der Waals surface area contributed by atoms with Gasteiger partial charge in [-0.05, 0) is 12.5 Å². The third kappa shape index (κ3) is 4.01. The third-order valence-corrected chi connectivity index (χ3v) is 6.06. The van der Waals surface area contributed by atoms with Crippen LogP contribution in [0, 0.1) is 0 Å². The molecule has 35 heavy (non-hydrogen) atoms. The summed E-state index contributed by atoms with van der Waals surface area (Å²) < 4.78 is 1.72. The molecule has 0 bridgehead atoms. The Morgan fingerprint density at radius 3 is 2.57 bits per heavy atom. The van der Waals surface area contributed by atoms with Gasteiger partial charge < -0.3 is 10.6 Å². The van der Waals surface area contributed by atoms with E-state index in [4.69, 9.17) is 10.7 Å². The van der Waals surface area contributed by atoms with Crippen molar-refractivity contribution in [2.75, 3.05) is 12.3 Å². The van der Waals surface area contributed by atoms with Crippen molar-refractivity contribution in [1.82, 2.24) is 39.7 Å². The van der Waals surface area contributed by atoms with Crippen LogP contribution in [0.4, 0.5) is 5.82 Å². The van der Waals surface area contributed by atoms with E-state index in [2.05, 4.69) is 36.7 Å². The summed E-state index contributed by atoms with van der Waals surface area (Å²) in [6, 6.07) is 14.2. The van der Waals surface area contributed by atoms with Crippen molar-refractivity contribution in [3.63, 3.8) is 0 Å². The van der Waals surface area contributed by atoms with E-state index < -0.39 is 0 Å². The van der Waals surface area contributed by atoms with Crippen LogP contribution in [0.3, 0.4) is 0 Å². The SMILES string of the molecule is C=C(c1ncn[nH]1)N1CCc2c(nc3c(-c4ccc(-c5ccccc5)nc4)cnn3c2N)C1.CC. The largest absolute Gasteiger partial charge is 0.383 e. The number of rotatable bonds is 4. The van der Waals surface area contributed by atoms with Crippen LogP contribution < -0.4 is 5.73 Å². The number of nitrogens with zero attached hydrogens (tertiary/aromatic N) is 7. The van der Waals surface area contributed by atoms with Crippen LogP contribution in [0.25, 0.3) is 33.7 Å². The molecule has 1 aromatic carbocycles. The highest BCUT2D eigenvalue weighted by Gasteiger charge is 2.25. The highest BCUT2D eigenvalue weighted by atomic mass is 15.3. The number of fused-ring (bicyclic) bond motifs is 2. The lowest BCUT2D eigenvalue weighted by atomic mass is 10.0. The Morgan fingerprint density at radius 2 is 1.86 bits per heavy atom. The van der Waals surface area contributed by atoms with Crippen molar-refractivity contribution in [2.24, 2.45) is 0 Å². The molecule has 1 aliphatic rings. The monoisotopic (exact) mass is 465 g/mol. The fraction of sp³-hybridized carbons (Fsp3) is 0.192.